The van der Waals surface area contributed by atoms with Crippen molar-refractivity contribution in [2.75, 3.05) is 52.4 Å². The fourth-order valence-corrected chi connectivity index (χ4v) is 3.24. The van der Waals surface area contributed by atoms with Crippen LogP contribution in [0.1, 0.15) is 68.2 Å². The van der Waals surface area contributed by atoms with E-state index in [0.717, 1.165) is 0 Å². The van der Waals surface area contributed by atoms with Gasteiger partial charge in [-0.3, -0.25) is 8.42 Å². The highest BCUT2D eigenvalue weighted by molar-refractivity contribution is 7.79. The van der Waals surface area contributed by atoms with Gasteiger partial charge in [0.25, 0.3) is 0 Å². The molecule has 0 radical (unpaired) electrons. The summed E-state index contributed by atoms with van der Waals surface area (Å²) >= 11 is 0. The molecule has 0 N–H and O–H groups in total. The van der Waals surface area contributed by atoms with Crippen LogP contribution < -0.4 is 0 Å². The van der Waals surface area contributed by atoms with Gasteiger partial charge in [0.2, 0.25) is 0 Å². The molecule has 0 aliphatic heterocycles. The highest BCUT2D eigenvalue weighted by Gasteiger charge is 2.18. The summed E-state index contributed by atoms with van der Waals surface area (Å²) in [6.45, 7) is 28.8. The molecule has 7 heteroatoms. The van der Waals surface area contributed by atoms with Gasteiger partial charge in [0.1, 0.15) is 0 Å². The molecule has 0 atom stereocenters. The first-order valence-electron chi connectivity index (χ1n) is 9.85. The van der Waals surface area contributed by atoms with Gasteiger partial charge in [-0.25, -0.2) is 0 Å². The molecule has 0 aromatic rings. The molecule has 0 amide bonds. The molecule has 0 unspecified atom stereocenters. The van der Waals surface area contributed by atoms with Gasteiger partial charge in [0.15, 0.2) is 0 Å². The number of rotatable bonds is 10. The SMILES string of the molecule is CCC[N+](CC)(CC)CC.CCC[N+](CC)(CC)CC.O=S(=O)([O-])[O-]. The Balaban J connectivity index is -0.000000308. The summed E-state index contributed by atoms with van der Waals surface area (Å²) in [4.78, 5) is 0. The summed E-state index contributed by atoms with van der Waals surface area (Å²) in [7, 11) is -5.17. The van der Waals surface area contributed by atoms with Gasteiger partial charge in [0, 0.05) is 10.4 Å². The second-order valence-corrected chi connectivity index (χ2v) is 7.25. The Morgan fingerprint density at radius 1 is 0.560 bits per heavy atom. The molecule has 0 saturated heterocycles. The van der Waals surface area contributed by atoms with E-state index in [-0.39, 0.29) is 0 Å². The topological polar surface area (TPSA) is 80.3 Å². The third-order valence-corrected chi connectivity index (χ3v) is 5.42. The van der Waals surface area contributed by atoms with Gasteiger partial charge in [0.05, 0.1) is 52.4 Å². The van der Waals surface area contributed by atoms with Gasteiger partial charge in [-0.05, 0) is 54.4 Å². The van der Waals surface area contributed by atoms with Crippen LogP contribution in [0.3, 0.4) is 0 Å². The molecule has 0 aliphatic carbocycles. The zero-order valence-corrected chi connectivity index (χ0v) is 18.8. The van der Waals surface area contributed by atoms with Crippen LogP contribution in [0.25, 0.3) is 0 Å². The summed E-state index contributed by atoms with van der Waals surface area (Å²) in [6, 6.07) is 0. The fourth-order valence-electron chi connectivity index (χ4n) is 3.24. The lowest BCUT2D eigenvalue weighted by Crippen LogP contribution is -2.47. The minimum absolute atomic E-state index is 1.29. The first-order valence-corrected chi connectivity index (χ1v) is 11.2. The van der Waals surface area contributed by atoms with Crippen molar-refractivity contribution in [3.05, 3.63) is 0 Å². The van der Waals surface area contributed by atoms with Gasteiger partial charge in [-0.1, -0.05) is 13.8 Å². The van der Waals surface area contributed by atoms with E-state index >= 15 is 0 Å². The molecule has 0 spiro atoms. The smallest absolute Gasteiger partial charge is 0.0783 e. The van der Waals surface area contributed by atoms with Crippen LogP contribution in [-0.4, -0.2) is 78.8 Å². The molecule has 0 saturated carbocycles. The highest BCUT2D eigenvalue weighted by Crippen LogP contribution is 2.06. The van der Waals surface area contributed by atoms with Gasteiger partial charge in [-0.15, -0.1) is 0 Å². The lowest BCUT2D eigenvalue weighted by atomic mass is 10.3. The fraction of sp³-hybridized carbons (Fsp3) is 1.00. The van der Waals surface area contributed by atoms with Crippen molar-refractivity contribution in [2.24, 2.45) is 0 Å². The predicted molar refractivity (Wildman–Crippen MR) is 105 cm³/mol. The van der Waals surface area contributed by atoms with Crippen molar-refractivity contribution in [2.45, 2.75) is 68.2 Å². The molecular formula is C18H44N2O4S. The third-order valence-electron chi connectivity index (χ3n) is 5.42. The number of hydrogen-bond donors (Lipinski definition) is 0. The van der Waals surface area contributed by atoms with Crippen LogP contribution in [0.4, 0.5) is 0 Å². The van der Waals surface area contributed by atoms with Crippen LogP contribution in [-0.2, 0) is 10.4 Å². The first-order chi connectivity index (χ1) is 11.5. The minimum Gasteiger partial charge on any atom is -0.759 e. The van der Waals surface area contributed by atoms with Crippen LogP contribution in [0, 0.1) is 0 Å². The van der Waals surface area contributed by atoms with Crippen molar-refractivity contribution in [3.63, 3.8) is 0 Å². The molecule has 0 rings (SSSR count). The monoisotopic (exact) mass is 384 g/mol. The normalized spacial score (nSPS) is 11.9. The lowest BCUT2D eigenvalue weighted by Gasteiger charge is -2.35. The maximum Gasteiger partial charge on any atom is 0.0783 e. The number of hydrogen-bond acceptors (Lipinski definition) is 4. The summed E-state index contributed by atoms with van der Waals surface area (Å²) in [5.41, 5.74) is 0. The van der Waals surface area contributed by atoms with Crippen LogP contribution in [0.5, 0.6) is 0 Å². The second kappa shape index (κ2) is 16.0. The Kier molecular flexibility index (Phi) is 18.9. The maximum atomic E-state index is 8.52. The summed E-state index contributed by atoms with van der Waals surface area (Å²) < 4.78 is 36.7. The number of quaternary nitrogens is 2. The maximum absolute atomic E-state index is 8.52. The van der Waals surface area contributed by atoms with E-state index in [1.165, 1.54) is 74.2 Å². The Morgan fingerprint density at radius 2 is 0.720 bits per heavy atom. The van der Waals surface area contributed by atoms with E-state index in [0.29, 0.717) is 0 Å². The van der Waals surface area contributed by atoms with Gasteiger partial charge < -0.3 is 18.1 Å². The lowest BCUT2D eigenvalue weighted by molar-refractivity contribution is -0.923. The molecule has 0 aliphatic rings. The molecule has 0 bridgehead atoms. The molecule has 0 aromatic carbocycles. The van der Waals surface area contributed by atoms with Crippen molar-refractivity contribution < 1.29 is 26.5 Å². The quantitative estimate of drug-likeness (QED) is 0.329. The van der Waals surface area contributed by atoms with Crippen LogP contribution >= 0.6 is 0 Å². The van der Waals surface area contributed by atoms with E-state index in [2.05, 4.69) is 55.4 Å². The highest BCUT2D eigenvalue weighted by atomic mass is 32.3. The Hall–Kier alpha value is -0.210. The molecule has 0 aromatic heterocycles. The minimum atomic E-state index is -5.17. The molecule has 6 nitrogen and oxygen atoms in total. The second-order valence-electron chi connectivity index (χ2n) is 6.44. The van der Waals surface area contributed by atoms with Crippen molar-refractivity contribution in [1.29, 1.82) is 0 Å². The van der Waals surface area contributed by atoms with E-state index in [1.807, 2.05) is 0 Å². The molecule has 0 fully saturated rings. The summed E-state index contributed by atoms with van der Waals surface area (Å²) in [5, 5.41) is 0. The first kappa shape index (κ1) is 29.5. The van der Waals surface area contributed by atoms with Crippen molar-refractivity contribution in [1.82, 2.24) is 0 Å². The van der Waals surface area contributed by atoms with E-state index in [4.69, 9.17) is 17.5 Å². The third kappa shape index (κ3) is 17.0. The Bertz CT molecular complexity index is 332. The molecule has 0 heterocycles. The van der Waals surface area contributed by atoms with Crippen molar-refractivity contribution in [3.8, 4) is 0 Å². The van der Waals surface area contributed by atoms with Gasteiger partial charge in [-0.2, -0.15) is 0 Å². The molecule has 156 valence electrons. The Morgan fingerprint density at radius 3 is 0.760 bits per heavy atom. The molecule has 25 heavy (non-hydrogen) atoms. The summed E-state index contributed by atoms with van der Waals surface area (Å²) in [5.74, 6) is 0. The zero-order valence-electron chi connectivity index (χ0n) is 18.0. The van der Waals surface area contributed by atoms with E-state index in [9.17, 15) is 0 Å². The standard InChI is InChI=1S/2C9H22N.H2O4S/c2*1-5-9-10(6-2,7-3)8-4;1-5(2,3)4/h2*5-9H2,1-4H3;(H2,1,2,3,4)/q2*+1;/p-2. The van der Waals surface area contributed by atoms with Gasteiger partial charge >= 0.3 is 0 Å². The molecular weight excluding hydrogens is 340 g/mol. The Labute approximate surface area is 158 Å². The van der Waals surface area contributed by atoms with Crippen LogP contribution in [0.15, 0.2) is 0 Å². The number of nitrogens with zero attached hydrogens (tertiary/aromatic N) is 2. The van der Waals surface area contributed by atoms with Crippen molar-refractivity contribution >= 4 is 10.4 Å². The zero-order chi connectivity index (χ0) is 20.6. The summed E-state index contributed by atoms with van der Waals surface area (Å²) in [6.07, 6.45) is 2.63. The average molecular weight is 385 g/mol. The van der Waals surface area contributed by atoms with Crippen LogP contribution in [0.2, 0.25) is 0 Å². The predicted octanol–water partition coefficient (Wildman–Crippen LogP) is 3.21. The largest absolute Gasteiger partial charge is 0.759 e. The average Bonchev–Trinajstić information content (AvgIpc) is 2.57. The van der Waals surface area contributed by atoms with E-state index in [1.54, 1.807) is 0 Å². The van der Waals surface area contributed by atoms with E-state index < -0.39 is 10.4 Å².